The van der Waals surface area contributed by atoms with Crippen LogP contribution in [-0.4, -0.2) is 334 Å². The molecule has 20 rings (SSSR count). The molecule has 776 valence electrons. The Kier molecular flexibility index (Phi) is 16.8. The van der Waals surface area contributed by atoms with E-state index in [2.05, 4.69) is 112 Å². The van der Waals surface area contributed by atoms with Crippen LogP contribution < -0.4 is 21.3 Å². The molecule has 8 fully saturated rings. The minimum Gasteiger partial charge on any atom is -0.394 e. The van der Waals surface area contributed by atoms with Crippen molar-refractivity contribution in [2.75, 3.05) is 96.8 Å². The third kappa shape index (κ3) is 23.8. The molecule has 4 aromatic carbocycles. The molecule has 48 heteroatoms. The van der Waals surface area contributed by atoms with Gasteiger partial charge in [0.1, 0.15) is 71.9 Å². The van der Waals surface area contributed by atoms with Crippen molar-refractivity contribution >= 4 is 115 Å². The van der Waals surface area contributed by atoms with Gasteiger partial charge in [-0.25, -0.2) is 76.2 Å². The van der Waals surface area contributed by atoms with Gasteiger partial charge in [-0.15, -0.1) is 20.4 Å². The van der Waals surface area contributed by atoms with Gasteiger partial charge in [0.2, 0.25) is 0 Å². The maximum atomic E-state index is 14.9. The molecule has 8 aliphatic carbocycles. The number of rotatable bonds is 40. The number of aromatic nitrogens is 20. The van der Waals surface area contributed by atoms with E-state index in [9.17, 15) is 78.8 Å². The molecule has 0 saturated heterocycles. The van der Waals surface area contributed by atoms with E-state index in [1.54, 1.807) is 0 Å². The van der Waals surface area contributed by atoms with Gasteiger partial charge in [-0.2, -0.15) is 0 Å². The number of fused-ring (bicyclic) bond motifs is 4. The lowest BCUT2D eigenvalue weighted by atomic mass is 10.1. The molecular weight excluding hydrogens is 1950 g/mol. The lowest BCUT2D eigenvalue weighted by Crippen LogP contribution is -2.33. The maximum Gasteiger partial charge on any atom is 0.191 e. The summed E-state index contributed by atoms with van der Waals surface area (Å²) in [6, 6.07) is -33.9. The van der Waals surface area contributed by atoms with E-state index >= 15 is 0 Å². The molecule has 0 spiro atoms. The molecule has 0 aliphatic heterocycles. The molecule has 8 saturated carbocycles. The van der Waals surface area contributed by atoms with E-state index in [0.717, 1.165) is 53.3 Å². The molecule has 0 amide bonds. The monoisotopic (exact) mass is 2140 g/mol. The third-order valence-electron chi connectivity index (χ3n) is 20.0. The zero-order valence-electron chi connectivity index (χ0n) is 141. The number of aliphatic hydroxyl groups excluding tert-OH is 2. The molecule has 8 aliphatic rings. The number of aliphatic hydroxyl groups is 12. The summed E-state index contributed by atoms with van der Waals surface area (Å²) in [5.74, 6) is -14.4. The summed E-state index contributed by atoms with van der Waals surface area (Å²) in [5, 5.41) is 163. The van der Waals surface area contributed by atoms with Gasteiger partial charge >= 0.3 is 0 Å². The Morgan fingerprint density at radius 1 is 0.389 bits per heavy atom. The average molecular weight is 2140 g/mol. The van der Waals surface area contributed by atoms with Crippen molar-refractivity contribution in [3.63, 3.8) is 0 Å². The van der Waals surface area contributed by atoms with Crippen molar-refractivity contribution in [2.24, 2.45) is 0 Å². The molecular formula is C96H124F4N24O16S4. The first-order chi connectivity index (χ1) is 94.1. The second-order valence-electron chi connectivity index (χ2n) is 29.7. The van der Waals surface area contributed by atoms with Crippen LogP contribution in [0.25, 0.3) is 44.7 Å². The summed E-state index contributed by atoms with van der Waals surface area (Å²) in [7, 11) is 0. The summed E-state index contributed by atoms with van der Waals surface area (Å²) in [6.45, 7) is -10.9. The zero-order valence-corrected chi connectivity index (χ0v) is 78.1. The minimum atomic E-state index is -4.51. The van der Waals surface area contributed by atoms with Crippen LogP contribution >= 0.6 is 47.0 Å². The van der Waals surface area contributed by atoms with Crippen LogP contribution in [0, 0.1) is 51.0 Å². The van der Waals surface area contributed by atoms with E-state index in [1.165, 1.54) is 6.92 Å². The number of nitrogens with zero attached hydrogens (tertiary/aromatic N) is 20. The average Bonchev–Trinajstić information content (AvgIpc) is 1.43. The Labute approximate surface area is 936 Å². The number of thioether (sulfide) groups is 4. The second kappa shape index (κ2) is 47.3. The molecule has 16 N–H and O–H groups in total. The highest BCUT2D eigenvalue weighted by Gasteiger charge is 2.51. The predicted octanol–water partition coefficient (Wildman–Crippen LogP) is 8.73. The molecule has 0 unspecified atom stereocenters. The van der Waals surface area contributed by atoms with Crippen molar-refractivity contribution in [3.8, 4) is 0 Å². The Bertz CT molecular complexity index is 10100. The van der Waals surface area contributed by atoms with Crippen LogP contribution in [-0.2, 0) is 18.9 Å². The molecule has 12 aromatic rings. The van der Waals surface area contributed by atoms with Gasteiger partial charge in [0.25, 0.3) is 0 Å². The fourth-order valence-electron chi connectivity index (χ4n) is 12.9. The normalized spacial score (nSPS) is 47.9. The Morgan fingerprint density at radius 3 is 1.02 bits per heavy atom. The standard InChI is InChI=1S/4C24H31FN6O4S/c4*1-3-8-36-24-27-22(26-16-10-14(16)13-5-4-12(2)15(25)9-13)19-23(28-24)31(30-29-19)17-11-18(35-7-6-32)21(34)20(17)33/h4*4-5,9,14,16-18,20-21,32-34H,3,6-8,10-11H2,1-2H3,(H,26,27,28)/t4*14-,16+,17+,18-,20-,21+/m0000/s1/i3D2,4D,5D,6D2,7D2,8D2,9D,10D2,11D2,16D,17D,18D,20D,21D;3D2,4D,5D,7D2,8D2,9D,10D2,11D2,16D,17D,18D,20D,21D;3D2,4D,5D,6D2,8D2,9D,10D2,11D2,16D,17D,18D,20D,21D;4D,5D,9D,11D2,14D,17D,18D,20D,21D. The fraction of sp³-hybridized carbons (Fsp3) is 0.583. The summed E-state index contributed by atoms with van der Waals surface area (Å²) < 4.78 is 629. The van der Waals surface area contributed by atoms with E-state index < -0.39 is 468 Å². The Morgan fingerprint density at radius 2 is 0.701 bits per heavy atom. The largest absolute Gasteiger partial charge is 0.394 e. The van der Waals surface area contributed by atoms with Crippen molar-refractivity contribution in [3.05, 3.63) is 140 Å². The maximum absolute atomic E-state index is 14.9. The van der Waals surface area contributed by atoms with Crippen LogP contribution in [0.1, 0.15) is 287 Å². The first kappa shape index (κ1) is 51.1. The topological polar surface area (TPSA) is 554 Å². The van der Waals surface area contributed by atoms with Crippen molar-refractivity contribution in [2.45, 2.75) is 297 Å². The van der Waals surface area contributed by atoms with Crippen molar-refractivity contribution in [1.82, 2.24) is 99.8 Å². The highest BCUT2D eigenvalue weighted by atomic mass is 32.2. The molecule has 8 heterocycles. The highest BCUT2D eigenvalue weighted by Crippen LogP contribution is 2.50. The van der Waals surface area contributed by atoms with Crippen LogP contribution in [0.5, 0.6) is 0 Å². The van der Waals surface area contributed by atoms with E-state index in [-0.39, 0.29) is 94.5 Å². The smallest absolute Gasteiger partial charge is 0.191 e. The van der Waals surface area contributed by atoms with Crippen LogP contribution in [0.3, 0.4) is 0 Å². The van der Waals surface area contributed by atoms with E-state index in [0.29, 0.717) is 16.9 Å². The zero-order chi connectivity index (χ0) is 161. The van der Waals surface area contributed by atoms with Gasteiger partial charge in [0, 0.05) is 133 Å². The highest BCUT2D eigenvalue weighted by molar-refractivity contribution is 7.99. The number of nitrogens with one attached hydrogen (secondary N) is 4. The Balaban J connectivity index is 0.000000181. The number of ether oxygens (including phenoxy) is 4. The van der Waals surface area contributed by atoms with E-state index in [4.69, 9.17) is 99.9 Å². The first-order valence-electron chi connectivity index (χ1n) is 74.6. The van der Waals surface area contributed by atoms with Crippen LogP contribution in [0.2, 0.25) is 0 Å². The third-order valence-corrected chi connectivity index (χ3v) is 23.1. The van der Waals surface area contributed by atoms with Gasteiger partial charge in [0.15, 0.2) is 88.6 Å². The Hall–Kier alpha value is -9.52. The first-order valence-corrected chi connectivity index (χ1v) is 45.0. The summed E-state index contributed by atoms with van der Waals surface area (Å²) in [4.78, 5) is 32.5. The van der Waals surface area contributed by atoms with Gasteiger partial charge in [0.05, 0.1) is 155 Å². The van der Waals surface area contributed by atoms with E-state index in [1.807, 2.05) is 6.92 Å². The molecule has 144 heavy (non-hydrogen) atoms. The molecule has 24 atom stereocenters. The summed E-state index contributed by atoms with van der Waals surface area (Å²) in [6.07, 6.45) is -81.7. The SMILES string of the molecule is [2H]c1c([2H])c([C@@H]2C([2H])([2H])[C@@]2([2H])Nc2nc(SC([2H])([2H])C([2H])([2H])C)nc3c2nnn3[C@]2([2H])C([2H])([2H])[C@]([2H])(OC([2H])([2H])C([2H])([2H])O)[C@@]([2H])(O)[C@@]2([2H])O)c([2H])c(F)c1C.[2H]c1c([2H])c([C@@H]2C([2H])([2H])[C@@]2([2H])Nc2nc(SC([2H])([2H])C([2H])([2H])C)nc3c2nnn3[C@]2([2H])C([2H])([2H])[C@]([2H])(OC([2H])([2H])CO)[C@@]([2H])(O)[C@@]2([2H])O)c([2H])c(F)c1C.[2H]c1c([2H])c([C@@H]2C([2H])([2H])[C@@]2([2H])Nc2nc(SC([2H])([2H])C([2H])([2H])C)nc3c2nnn3[C@]2([2H])C([2H])([2H])[C@]([2H])(OCC([2H])([2H])O)[C@@]([2H])(O)[C@@]2([2H])O)c([2H])c(F)c1C.[2H]c1c([2H])c([C@]2([2H])C[C@H]2Nc2nc(SCCC)nc3c2nnn3[C@]2([2H])C([2H])([2H])[C@]([2H])(OCCO)[C@@]([2H])(O)[C@@]2([2H])O)c([2H])c(F)c1C. The van der Waals surface area contributed by atoms with Crippen molar-refractivity contribution < 1.29 is 188 Å². The van der Waals surface area contributed by atoms with Gasteiger partial charge in [-0.05, 0) is 147 Å². The quantitative estimate of drug-likeness (QED) is 0.00969. The molecule has 40 nitrogen and oxygen atoms in total. The summed E-state index contributed by atoms with van der Waals surface area (Å²) in [5.41, 5.74) is -18.8. The van der Waals surface area contributed by atoms with Gasteiger partial charge < -0.3 is 101 Å². The minimum absolute atomic E-state index is 0.0132. The number of hydrogen-bond donors (Lipinski definition) is 16. The lowest BCUT2D eigenvalue weighted by Gasteiger charge is -2.17. The second-order valence-corrected chi connectivity index (χ2v) is 33.1. The van der Waals surface area contributed by atoms with Gasteiger partial charge in [-0.3, -0.25) is 0 Å². The number of halogens is 4. The number of benzene rings is 4. The number of anilines is 4. The van der Waals surface area contributed by atoms with Gasteiger partial charge in [-0.1, -0.05) is 144 Å². The fourth-order valence-corrected chi connectivity index (χ4v) is 14.9. The number of hydrogen-bond acceptors (Lipinski definition) is 40. The molecule has 8 aromatic heterocycles. The lowest BCUT2D eigenvalue weighted by molar-refractivity contribution is -0.0629. The van der Waals surface area contributed by atoms with Crippen LogP contribution in [0.15, 0.2) is 93.1 Å². The van der Waals surface area contributed by atoms with Crippen LogP contribution in [0.4, 0.5) is 40.8 Å². The molecule has 0 bridgehead atoms. The molecule has 0 radical (unpaired) electrons. The predicted molar refractivity (Wildman–Crippen MR) is 530 cm³/mol. The van der Waals surface area contributed by atoms with Crippen molar-refractivity contribution in [1.29, 1.82) is 0 Å². The summed E-state index contributed by atoms with van der Waals surface area (Å²) >= 11 is 0.924.